The van der Waals surface area contributed by atoms with Gasteiger partial charge >= 0.3 is 0 Å². The molecule has 1 amide bonds. The quantitative estimate of drug-likeness (QED) is 0.679. The number of nitrogens with zero attached hydrogens (tertiary/aromatic N) is 3. The van der Waals surface area contributed by atoms with Crippen molar-refractivity contribution in [3.63, 3.8) is 0 Å². The highest BCUT2D eigenvalue weighted by atomic mass is 32.2. The summed E-state index contributed by atoms with van der Waals surface area (Å²) in [4.78, 5) is 13.3. The lowest BCUT2D eigenvalue weighted by atomic mass is 10.0. The molecule has 0 bridgehead atoms. The fourth-order valence-corrected chi connectivity index (χ4v) is 4.42. The molecule has 1 aliphatic heterocycles. The summed E-state index contributed by atoms with van der Waals surface area (Å²) in [6, 6.07) is 11.8. The van der Waals surface area contributed by atoms with Crippen molar-refractivity contribution in [1.29, 1.82) is 0 Å². The fourth-order valence-electron chi connectivity index (χ4n) is 3.32. The molecule has 0 saturated heterocycles. The number of anilines is 1. The molecule has 1 aromatic heterocycles. The van der Waals surface area contributed by atoms with Crippen LogP contribution in [0.25, 0.3) is 0 Å². The first kappa shape index (κ1) is 19.4. The van der Waals surface area contributed by atoms with Gasteiger partial charge in [-0.1, -0.05) is 43.0 Å². The maximum atomic E-state index is 13.5. The minimum atomic E-state index is -0.498. The number of rotatable bonds is 4. The zero-order chi connectivity index (χ0) is 20.5. The molecule has 0 unspecified atom stereocenters. The van der Waals surface area contributed by atoms with Crippen molar-refractivity contribution in [3.05, 3.63) is 70.8 Å². The second-order valence-corrected chi connectivity index (χ2v) is 8.20. The van der Waals surface area contributed by atoms with Gasteiger partial charge in [-0.3, -0.25) is 4.79 Å². The van der Waals surface area contributed by atoms with E-state index in [1.54, 1.807) is 12.1 Å². The number of fused-ring (bicyclic) bond motifs is 1. The van der Waals surface area contributed by atoms with E-state index in [4.69, 9.17) is 0 Å². The van der Waals surface area contributed by atoms with Crippen LogP contribution in [0.1, 0.15) is 35.5 Å². The van der Waals surface area contributed by atoms with Gasteiger partial charge in [0.15, 0.2) is 5.82 Å². The summed E-state index contributed by atoms with van der Waals surface area (Å²) in [6.07, 6.45) is 0.704. The average molecular weight is 412 g/mol. The van der Waals surface area contributed by atoms with Gasteiger partial charge < -0.3 is 10.7 Å². The maximum Gasteiger partial charge on any atom is 0.240 e. The van der Waals surface area contributed by atoms with Crippen molar-refractivity contribution in [1.82, 2.24) is 14.9 Å². The number of carbonyl (C=O) groups is 1. The molecule has 4 rings (SSSR count). The summed E-state index contributed by atoms with van der Waals surface area (Å²) in [5, 5.41) is 11.6. The second kappa shape index (κ2) is 7.87. The Balaban J connectivity index is 1.68. The molecule has 0 aliphatic carbocycles. The van der Waals surface area contributed by atoms with Crippen molar-refractivity contribution >= 4 is 23.4 Å². The molecule has 29 heavy (non-hydrogen) atoms. The van der Waals surface area contributed by atoms with E-state index in [2.05, 4.69) is 20.9 Å². The number of thioether (sulfide) groups is 1. The Labute approximate surface area is 172 Å². The molecule has 6 nitrogen and oxygen atoms in total. The van der Waals surface area contributed by atoms with Crippen LogP contribution in [0, 0.1) is 19.7 Å². The molecule has 2 atom stereocenters. The number of nitrogens with one attached hydrogen (secondary N) is 2. The van der Waals surface area contributed by atoms with Crippen molar-refractivity contribution < 1.29 is 9.18 Å². The highest BCUT2D eigenvalue weighted by Gasteiger charge is 2.37. The lowest BCUT2D eigenvalue weighted by Crippen LogP contribution is -2.41. The summed E-state index contributed by atoms with van der Waals surface area (Å²) in [6.45, 7) is 5.95. The molecule has 1 aliphatic rings. The van der Waals surface area contributed by atoms with E-state index >= 15 is 0 Å². The van der Waals surface area contributed by atoms with Crippen LogP contribution >= 0.6 is 11.8 Å². The van der Waals surface area contributed by atoms with Crippen molar-refractivity contribution in [2.45, 2.75) is 43.6 Å². The average Bonchev–Trinajstić information content (AvgIpc) is 3.12. The van der Waals surface area contributed by atoms with E-state index in [0.29, 0.717) is 11.6 Å². The fraction of sp³-hybridized carbons (Fsp3) is 0.286. The van der Waals surface area contributed by atoms with Crippen LogP contribution in [0.15, 0.2) is 47.6 Å². The molecule has 0 fully saturated rings. The molecule has 0 radical (unpaired) electrons. The first-order chi connectivity index (χ1) is 14.0. The first-order valence-corrected chi connectivity index (χ1v) is 10.4. The Morgan fingerprint density at radius 2 is 1.97 bits per heavy atom. The third kappa shape index (κ3) is 3.85. The molecule has 2 N–H and O–H groups in total. The van der Waals surface area contributed by atoms with Gasteiger partial charge in [0.25, 0.3) is 0 Å². The van der Waals surface area contributed by atoms with Gasteiger partial charge in [-0.15, -0.1) is 10.2 Å². The standard InChI is InChI=1S/C21H22FN5OS/c1-4-17-24-25-21-27(17)26-18(14-7-9-15(22)10-8-14)19(29-21)20(28)23-16-11-12(2)5-6-13(16)3/h5-11,18-19,26H,4H2,1-3H3,(H,23,28)/t18-,19+/m1/s1. The maximum absolute atomic E-state index is 13.5. The van der Waals surface area contributed by atoms with Crippen LogP contribution in [-0.4, -0.2) is 26.0 Å². The normalized spacial score (nSPS) is 18.1. The smallest absolute Gasteiger partial charge is 0.240 e. The Bertz CT molecular complexity index is 1050. The van der Waals surface area contributed by atoms with E-state index < -0.39 is 5.25 Å². The van der Waals surface area contributed by atoms with Crippen LogP contribution in [0.5, 0.6) is 0 Å². The molecule has 2 heterocycles. The number of benzene rings is 2. The number of aryl methyl sites for hydroxylation is 3. The van der Waals surface area contributed by atoms with Crippen LogP contribution in [-0.2, 0) is 11.2 Å². The molecular weight excluding hydrogens is 389 g/mol. The van der Waals surface area contributed by atoms with Crippen LogP contribution in [0.4, 0.5) is 10.1 Å². The molecule has 0 saturated carbocycles. The van der Waals surface area contributed by atoms with Crippen LogP contribution in [0.3, 0.4) is 0 Å². The van der Waals surface area contributed by atoms with Gasteiger partial charge in [-0.25, -0.2) is 9.07 Å². The minimum Gasteiger partial charge on any atom is -0.325 e. The zero-order valence-electron chi connectivity index (χ0n) is 16.4. The Morgan fingerprint density at radius 3 is 2.69 bits per heavy atom. The van der Waals surface area contributed by atoms with E-state index in [1.165, 1.54) is 23.9 Å². The SMILES string of the molecule is CCc1nnc2n1N[C@H](c1ccc(F)cc1)[C@@H](C(=O)Nc1cc(C)ccc1C)S2. The zero-order valence-corrected chi connectivity index (χ0v) is 17.3. The number of aromatic nitrogens is 3. The van der Waals surface area contributed by atoms with E-state index in [0.717, 1.165) is 28.2 Å². The van der Waals surface area contributed by atoms with Crippen molar-refractivity contribution in [2.75, 3.05) is 10.7 Å². The summed E-state index contributed by atoms with van der Waals surface area (Å²) >= 11 is 1.36. The van der Waals surface area contributed by atoms with Gasteiger partial charge in [-0.2, -0.15) is 0 Å². The first-order valence-electron chi connectivity index (χ1n) is 9.47. The predicted octanol–water partition coefficient (Wildman–Crippen LogP) is 3.99. The summed E-state index contributed by atoms with van der Waals surface area (Å²) in [7, 11) is 0. The minimum absolute atomic E-state index is 0.141. The highest BCUT2D eigenvalue weighted by molar-refractivity contribution is 8.00. The van der Waals surface area contributed by atoms with E-state index in [1.807, 2.05) is 43.6 Å². The molecule has 150 valence electrons. The Kier molecular flexibility index (Phi) is 5.27. The highest BCUT2D eigenvalue weighted by Crippen LogP contribution is 2.37. The van der Waals surface area contributed by atoms with Gasteiger partial charge in [0.05, 0.1) is 6.04 Å². The van der Waals surface area contributed by atoms with E-state index in [-0.39, 0.29) is 17.8 Å². The monoisotopic (exact) mass is 411 g/mol. The third-order valence-electron chi connectivity index (χ3n) is 4.96. The van der Waals surface area contributed by atoms with Crippen LogP contribution in [0.2, 0.25) is 0 Å². The van der Waals surface area contributed by atoms with Crippen LogP contribution < -0.4 is 10.7 Å². The van der Waals surface area contributed by atoms with Crippen molar-refractivity contribution in [2.24, 2.45) is 0 Å². The summed E-state index contributed by atoms with van der Waals surface area (Å²) in [5.41, 5.74) is 7.04. The number of hydrogen-bond donors (Lipinski definition) is 2. The Morgan fingerprint density at radius 1 is 1.21 bits per heavy atom. The molecule has 0 spiro atoms. The van der Waals surface area contributed by atoms with Gasteiger partial charge in [0, 0.05) is 12.1 Å². The second-order valence-electron chi connectivity index (χ2n) is 7.09. The summed E-state index contributed by atoms with van der Waals surface area (Å²) in [5.74, 6) is 0.332. The topological polar surface area (TPSA) is 71.8 Å². The number of amides is 1. The van der Waals surface area contributed by atoms with Crippen molar-refractivity contribution in [3.8, 4) is 0 Å². The lowest BCUT2D eigenvalue weighted by Gasteiger charge is -2.33. The number of halogens is 1. The van der Waals surface area contributed by atoms with Gasteiger partial charge in [0.1, 0.15) is 11.1 Å². The van der Waals surface area contributed by atoms with E-state index in [9.17, 15) is 9.18 Å². The molecule has 2 aromatic carbocycles. The number of hydrogen-bond acceptors (Lipinski definition) is 5. The lowest BCUT2D eigenvalue weighted by molar-refractivity contribution is -0.116. The Hall–Kier alpha value is -2.87. The van der Waals surface area contributed by atoms with Gasteiger partial charge in [-0.05, 0) is 48.7 Å². The largest absolute Gasteiger partial charge is 0.325 e. The summed E-state index contributed by atoms with van der Waals surface area (Å²) < 4.78 is 15.3. The molecular formula is C21H22FN5OS. The van der Waals surface area contributed by atoms with Gasteiger partial charge in [0.2, 0.25) is 11.1 Å². The third-order valence-corrected chi connectivity index (χ3v) is 6.17. The number of carbonyl (C=O) groups excluding carboxylic acids is 1. The molecule has 3 aromatic rings. The molecule has 8 heteroatoms. The predicted molar refractivity (Wildman–Crippen MR) is 112 cm³/mol.